The van der Waals surface area contributed by atoms with Crippen LogP contribution in [0.1, 0.15) is 17.3 Å². The highest BCUT2D eigenvalue weighted by Gasteiger charge is 2.11. The molecule has 0 spiro atoms. The molecule has 1 aromatic carbocycles. The SMILES string of the molecule is Cc1csc(SCC(N)c2ccc(F)c(F)c2)n1. The lowest BCUT2D eigenvalue weighted by Gasteiger charge is -2.10. The lowest BCUT2D eigenvalue weighted by Crippen LogP contribution is -2.13. The Morgan fingerprint density at radius 2 is 2.17 bits per heavy atom. The third kappa shape index (κ3) is 3.28. The maximum Gasteiger partial charge on any atom is 0.159 e. The fraction of sp³-hybridized carbons (Fsp3) is 0.250. The molecular weight excluding hydrogens is 274 g/mol. The molecule has 1 atom stereocenters. The summed E-state index contributed by atoms with van der Waals surface area (Å²) in [5, 5.41) is 1.96. The molecule has 1 unspecified atom stereocenters. The van der Waals surface area contributed by atoms with Gasteiger partial charge in [0.15, 0.2) is 11.6 Å². The Kier molecular flexibility index (Phi) is 4.31. The van der Waals surface area contributed by atoms with Crippen LogP contribution in [0.2, 0.25) is 0 Å². The first-order chi connectivity index (χ1) is 8.56. The van der Waals surface area contributed by atoms with E-state index >= 15 is 0 Å². The van der Waals surface area contributed by atoms with E-state index in [1.807, 2.05) is 12.3 Å². The minimum atomic E-state index is -0.863. The normalized spacial score (nSPS) is 12.7. The zero-order chi connectivity index (χ0) is 13.1. The van der Waals surface area contributed by atoms with Crippen LogP contribution in [0.15, 0.2) is 27.9 Å². The monoisotopic (exact) mass is 286 g/mol. The summed E-state index contributed by atoms with van der Waals surface area (Å²) in [5.74, 6) is -1.13. The van der Waals surface area contributed by atoms with Crippen LogP contribution in [0.4, 0.5) is 8.78 Å². The Labute approximate surface area is 112 Å². The van der Waals surface area contributed by atoms with Crippen LogP contribution in [0.3, 0.4) is 0 Å². The first kappa shape index (κ1) is 13.5. The molecule has 0 aliphatic carbocycles. The van der Waals surface area contributed by atoms with Crippen LogP contribution >= 0.6 is 23.1 Å². The van der Waals surface area contributed by atoms with Crippen LogP contribution < -0.4 is 5.73 Å². The Bertz CT molecular complexity index is 543. The van der Waals surface area contributed by atoms with Gasteiger partial charge in [-0.2, -0.15) is 0 Å². The Morgan fingerprint density at radius 3 is 2.78 bits per heavy atom. The highest BCUT2D eigenvalue weighted by molar-refractivity contribution is 8.01. The second kappa shape index (κ2) is 5.77. The maximum atomic E-state index is 13.1. The first-order valence-corrected chi connectivity index (χ1v) is 7.18. The van der Waals surface area contributed by atoms with Crippen LogP contribution in [0, 0.1) is 18.6 Å². The van der Waals surface area contributed by atoms with Crippen molar-refractivity contribution in [2.45, 2.75) is 17.3 Å². The predicted octanol–water partition coefficient (Wildman–Crippen LogP) is 3.52. The number of aryl methyl sites for hydroxylation is 1. The Balaban J connectivity index is 1.99. The molecule has 0 saturated carbocycles. The molecule has 2 aromatic rings. The van der Waals surface area contributed by atoms with Crippen molar-refractivity contribution >= 4 is 23.1 Å². The molecule has 0 amide bonds. The average molecular weight is 286 g/mol. The second-order valence-electron chi connectivity index (χ2n) is 3.85. The summed E-state index contributed by atoms with van der Waals surface area (Å²) in [6.07, 6.45) is 0. The van der Waals surface area contributed by atoms with E-state index in [9.17, 15) is 8.78 Å². The van der Waals surface area contributed by atoms with Crippen molar-refractivity contribution < 1.29 is 8.78 Å². The summed E-state index contributed by atoms with van der Waals surface area (Å²) in [6, 6.07) is 3.42. The summed E-state index contributed by atoms with van der Waals surface area (Å²) < 4.78 is 26.8. The molecule has 1 heterocycles. The van der Waals surface area contributed by atoms with Gasteiger partial charge in [-0.25, -0.2) is 13.8 Å². The number of rotatable bonds is 4. The quantitative estimate of drug-likeness (QED) is 0.874. The van der Waals surface area contributed by atoms with E-state index in [0.717, 1.165) is 22.2 Å². The van der Waals surface area contributed by atoms with E-state index in [-0.39, 0.29) is 6.04 Å². The highest BCUT2D eigenvalue weighted by atomic mass is 32.2. The molecule has 2 rings (SSSR count). The fourth-order valence-corrected chi connectivity index (χ4v) is 3.26. The topological polar surface area (TPSA) is 38.9 Å². The lowest BCUT2D eigenvalue weighted by molar-refractivity contribution is 0.506. The average Bonchev–Trinajstić information content (AvgIpc) is 2.75. The van der Waals surface area contributed by atoms with E-state index in [0.29, 0.717) is 11.3 Å². The standard InChI is InChI=1S/C12H12F2N2S2/c1-7-5-17-12(16-7)18-6-11(15)8-2-3-9(13)10(14)4-8/h2-5,11H,6,15H2,1H3. The van der Waals surface area contributed by atoms with Crippen molar-refractivity contribution in [1.82, 2.24) is 4.98 Å². The number of hydrogen-bond donors (Lipinski definition) is 1. The number of aromatic nitrogens is 1. The van der Waals surface area contributed by atoms with Crippen molar-refractivity contribution in [3.8, 4) is 0 Å². The molecule has 1 aromatic heterocycles. The van der Waals surface area contributed by atoms with Crippen LogP contribution in [0.5, 0.6) is 0 Å². The molecule has 0 radical (unpaired) electrons. The van der Waals surface area contributed by atoms with Gasteiger partial charge in [0.25, 0.3) is 0 Å². The number of hydrogen-bond acceptors (Lipinski definition) is 4. The molecule has 0 saturated heterocycles. The molecule has 6 heteroatoms. The summed E-state index contributed by atoms with van der Waals surface area (Å²) in [7, 11) is 0. The largest absolute Gasteiger partial charge is 0.323 e. The third-order valence-corrected chi connectivity index (χ3v) is 4.61. The Hall–Kier alpha value is -0.980. The number of thiazole rings is 1. The van der Waals surface area contributed by atoms with Crippen molar-refractivity contribution in [2.75, 3.05) is 5.75 Å². The van der Waals surface area contributed by atoms with Crippen LogP contribution in [-0.4, -0.2) is 10.7 Å². The lowest BCUT2D eigenvalue weighted by atomic mass is 10.1. The van der Waals surface area contributed by atoms with E-state index in [1.54, 1.807) is 11.3 Å². The fourth-order valence-electron chi connectivity index (χ4n) is 1.40. The van der Waals surface area contributed by atoms with Gasteiger partial charge < -0.3 is 5.73 Å². The second-order valence-corrected chi connectivity index (χ2v) is 5.97. The highest BCUT2D eigenvalue weighted by Crippen LogP contribution is 2.26. The van der Waals surface area contributed by atoms with E-state index < -0.39 is 11.6 Å². The first-order valence-electron chi connectivity index (χ1n) is 5.31. The van der Waals surface area contributed by atoms with E-state index in [2.05, 4.69) is 4.98 Å². The molecular formula is C12H12F2N2S2. The van der Waals surface area contributed by atoms with Crippen molar-refractivity contribution in [3.63, 3.8) is 0 Å². The van der Waals surface area contributed by atoms with Gasteiger partial charge in [-0.15, -0.1) is 11.3 Å². The number of benzene rings is 1. The molecule has 96 valence electrons. The minimum absolute atomic E-state index is 0.339. The third-order valence-electron chi connectivity index (χ3n) is 2.36. The minimum Gasteiger partial charge on any atom is -0.323 e. The van der Waals surface area contributed by atoms with Gasteiger partial charge in [-0.1, -0.05) is 17.8 Å². The molecule has 0 bridgehead atoms. The van der Waals surface area contributed by atoms with Crippen LogP contribution in [-0.2, 0) is 0 Å². The number of nitrogens with zero attached hydrogens (tertiary/aromatic N) is 1. The van der Waals surface area contributed by atoms with Crippen LogP contribution in [0.25, 0.3) is 0 Å². The van der Waals surface area contributed by atoms with E-state index in [4.69, 9.17) is 5.73 Å². The summed E-state index contributed by atoms with van der Waals surface area (Å²) in [4.78, 5) is 4.30. The smallest absolute Gasteiger partial charge is 0.159 e. The summed E-state index contributed by atoms with van der Waals surface area (Å²) >= 11 is 3.07. The number of halogens is 2. The molecule has 18 heavy (non-hydrogen) atoms. The van der Waals surface area contributed by atoms with Gasteiger partial charge in [-0.3, -0.25) is 0 Å². The molecule has 0 fully saturated rings. The summed E-state index contributed by atoms with van der Waals surface area (Å²) in [5.41, 5.74) is 7.50. The number of nitrogens with two attached hydrogens (primary N) is 1. The predicted molar refractivity (Wildman–Crippen MR) is 70.9 cm³/mol. The van der Waals surface area contributed by atoms with Gasteiger partial charge >= 0.3 is 0 Å². The van der Waals surface area contributed by atoms with Crippen molar-refractivity contribution in [2.24, 2.45) is 5.73 Å². The van der Waals surface area contributed by atoms with Gasteiger partial charge in [0, 0.05) is 22.9 Å². The Morgan fingerprint density at radius 1 is 1.39 bits per heavy atom. The van der Waals surface area contributed by atoms with E-state index in [1.165, 1.54) is 17.8 Å². The van der Waals surface area contributed by atoms with Crippen molar-refractivity contribution in [1.29, 1.82) is 0 Å². The molecule has 0 aliphatic heterocycles. The zero-order valence-corrected chi connectivity index (χ0v) is 11.3. The van der Waals surface area contributed by atoms with Gasteiger partial charge in [0.1, 0.15) is 4.34 Å². The van der Waals surface area contributed by atoms with Crippen molar-refractivity contribution in [3.05, 3.63) is 46.5 Å². The maximum absolute atomic E-state index is 13.1. The molecule has 2 nitrogen and oxygen atoms in total. The molecule has 2 N–H and O–H groups in total. The summed E-state index contributed by atoms with van der Waals surface area (Å²) in [6.45, 7) is 1.93. The van der Waals surface area contributed by atoms with Gasteiger partial charge in [0.05, 0.1) is 0 Å². The molecule has 0 aliphatic rings. The number of thioether (sulfide) groups is 1. The van der Waals surface area contributed by atoms with Gasteiger partial charge in [0.2, 0.25) is 0 Å². The van der Waals surface area contributed by atoms with Gasteiger partial charge in [-0.05, 0) is 24.6 Å². The zero-order valence-electron chi connectivity index (χ0n) is 9.69.